The normalized spacial score (nSPS) is 22.7. The average molecular weight is 283 g/mol. The van der Waals surface area contributed by atoms with E-state index in [-0.39, 0.29) is 11.5 Å². The molecule has 2 heterocycles. The lowest BCUT2D eigenvalue weighted by atomic mass is 9.92. The highest BCUT2D eigenvalue weighted by Crippen LogP contribution is 2.26. The molecule has 0 N–H and O–H groups in total. The van der Waals surface area contributed by atoms with E-state index in [0.717, 1.165) is 31.2 Å². The Hall–Kier alpha value is -0.710. The molecule has 0 amide bonds. The number of piperazine rings is 1. The molecule has 0 aliphatic carbocycles. The predicted molar refractivity (Wildman–Crippen MR) is 78.6 cm³/mol. The summed E-state index contributed by atoms with van der Waals surface area (Å²) in [6.07, 6.45) is 0. The molecule has 1 aromatic rings. The fraction of sp³-hybridized carbons (Fsp3) is 0.714. The molecule has 0 radical (unpaired) electrons. The Bertz CT molecular complexity index is 455. The van der Waals surface area contributed by atoms with Crippen LogP contribution in [-0.2, 0) is 5.41 Å². The van der Waals surface area contributed by atoms with Crippen molar-refractivity contribution in [2.24, 2.45) is 0 Å². The molecule has 1 saturated heterocycles. The van der Waals surface area contributed by atoms with E-state index in [1.807, 2.05) is 6.07 Å². The van der Waals surface area contributed by atoms with Crippen molar-refractivity contribution in [2.75, 3.05) is 33.7 Å². The van der Waals surface area contributed by atoms with Crippen LogP contribution in [0.2, 0.25) is 5.15 Å². The SMILES string of the molecule is CN1CCN(C)C(c2nc(Cl)cc(C(C)(C)C)n2)C1. The van der Waals surface area contributed by atoms with Crippen LogP contribution in [0, 0.1) is 0 Å². The zero-order valence-electron chi connectivity index (χ0n) is 12.4. The highest BCUT2D eigenvalue weighted by molar-refractivity contribution is 6.29. The number of nitrogens with zero attached hydrogens (tertiary/aromatic N) is 4. The quantitative estimate of drug-likeness (QED) is 0.740. The number of likely N-dealkylation sites (N-methyl/N-ethyl adjacent to an activating group) is 2. The predicted octanol–water partition coefficient (Wildman–Crippen LogP) is 2.35. The monoisotopic (exact) mass is 282 g/mol. The minimum Gasteiger partial charge on any atom is -0.303 e. The van der Waals surface area contributed by atoms with Gasteiger partial charge in [0.15, 0.2) is 0 Å². The smallest absolute Gasteiger partial charge is 0.148 e. The Morgan fingerprint density at radius 1 is 1.21 bits per heavy atom. The largest absolute Gasteiger partial charge is 0.303 e. The molecule has 4 nitrogen and oxygen atoms in total. The first-order valence-electron chi connectivity index (χ1n) is 6.71. The van der Waals surface area contributed by atoms with Gasteiger partial charge in [0.05, 0.1) is 11.7 Å². The lowest BCUT2D eigenvalue weighted by Gasteiger charge is -2.37. The maximum absolute atomic E-state index is 6.18. The van der Waals surface area contributed by atoms with Crippen LogP contribution >= 0.6 is 11.6 Å². The number of halogens is 1. The van der Waals surface area contributed by atoms with Gasteiger partial charge in [0.25, 0.3) is 0 Å². The standard InChI is InChI=1S/C14H23ClN4/c1-14(2,3)11-8-12(15)17-13(16-11)10-9-18(4)6-7-19(10)5/h8,10H,6-7,9H2,1-5H3. The van der Waals surface area contributed by atoms with Crippen molar-refractivity contribution < 1.29 is 0 Å². The molecule has 2 rings (SSSR count). The number of aromatic nitrogens is 2. The van der Waals surface area contributed by atoms with Gasteiger partial charge in [0, 0.05) is 25.0 Å². The van der Waals surface area contributed by atoms with Crippen LogP contribution in [0.5, 0.6) is 0 Å². The molecule has 1 unspecified atom stereocenters. The molecular weight excluding hydrogens is 260 g/mol. The third kappa shape index (κ3) is 3.44. The fourth-order valence-electron chi connectivity index (χ4n) is 2.26. The molecule has 106 valence electrons. The first-order valence-corrected chi connectivity index (χ1v) is 7.09. The maximum atomic E-state index is 6.18. The fourth-order valence-corrected chi connectivity index (χ4v) is 2.45. The van der Waals surface area contributed by atoms with Crippen molar-refractivity contribution in [3.8, 4) is 0 Å². The average Bonchev–Trinajstić information content (AvgIpc) is 2.30. The summed E-state index contributed by atoms with van der Waals surface area (Å²) in [5.41, 5.74) is 0.990. The number of hydrogen-bond donors (Lipinski definition) is 0. The van der Waals surface area contributed by atoms with E-state index in [9.17, 15) is 0 Å². The summed E-state index contributed by atoms with van der Waals surface area (Å²) < 4.78 is 0. The maximum Gasteiger partial charge on any atom is 0.148 e. The van der Waals surface area contributed by atoms with Crippen LogP contribution in [0.25, 0.3) is 0 Å². The van der Waals surface area contributed by atoms with E-state index < -0.39 is 0 Å². The Morgan fingerprint density at radius 2 is 1.89 bits per heavy atom. The second-order valence-corrected chi connectivity index (χ2v) is 6.83. The van der Waals surface area contributed by atoms with E-state index in [2.05, 4.69) is 49.7 Å². The van der Waals surface area contributed by atoms with Crippen molar-refractivity contribution in [3.05, 3.63) is 22.7 Å². The van der Waals surface area contributed by atoms with Gasteiger partial charge < -0.3 is 4.90 Å². The summed E-state index contributed by atoms with van der Waals surface area (Å²) in [5, 5.41) is 0.538. The molecule has 1 fully saturated rings. The van der Waals surface area contributed by atoms with Crippen molar-refractivity contribution in [2.45, 2.75) is 32.2 Å². The molecule has 5 heteroatoms. The van der Waals surface area contributed by atoms with Crippen molar-refractivity contribution >= 4 is 11.6 Å². The van der Waals surface area contributed by atoms with Gasteiger partial charge in [-0.15, -0.1) is 0 Å². The summed E-state index contributed by atoms with van der Waals surface area (Å²) >= 11 is 6.18. The van der Waals surface area contributed by atoms with Gasteiger partial charge in [0.1, 0.15) is 11.0 Å². The van der Waals surface area contributed by atoms with Crippen LogP contribution < -0.4 is 0 Å². The van der Waals surface area contributed by atoms with Crippen LogP contribution in [0.15, 0.2) is 6.07 Å². The molecule has 1 aliphatic heterocycles. The zero-order chi connectivity index (χ0) is 14.2. The van der Waals surface area contributed by atoms with Gasteiger partial charge in [-0.05, 0) is 20.2 Å². The Kier molecular flexibility index (Phi) is 4.14. The van der Waals surface area contributed by atoms with Crippen molar-refractivity contribution in [1.82, 2.24) is 19.8 Å². The molecule has 0 aromatic carbocycles. The van der Waals surface area contributed by atoms with E-state index >= 15 is 0 Å². The molecule has 1 atom stereocenters. The third-order valence-corrected chi connectivity index (χ3v) is 3.82. The zero-order valence-corrected chi connectivity index (χ0v) is 13.2. The van der Waals surface area contributed by atoms with E-state index in [4.69, 9.17) is 16.6 Å². The minimum atomic E-state index is -0.0134. The highest BCUT2D eigenvalue weighted by atomic mass is 35.5. The minimum absolute atomic E-state index is 0.0134. The van der Waals surface area contributed by atoms with Gasteiger partial charge in [-0.1, -0.05) is 32.4 Å². The second-order valence-electron chi connectivity index (χ2n) is 6.44. The van der Waals surface area contributed by atoms with Gasteiger partial charge >= 0.3 is 0 Å². The molecule has 0 bridgehead atoms. The van der Waals surface area contributed by atoms with Crippen molar-refractivity contribution in [1.29, 1.82) is 0 Å². The van der Waals surface area contributed by atoms with Crippen LogP contribution in [0.1, 0.15) is 38.3 Å². The summed E-state index contributed by atoms with van der Waals surface area (Å²) in [4.78, 5) is 13.8. The summed E-state index contributed by atoms with van der Waals surface area (Å²) in [6, 6.07) is 2.09. The van der Waals surface area contributed by atoms with Gasteiger partial charge in [-0.25, -0.2) is 9.97 Å². The van der Waals surface area contributed by atoms with Gasteiger partial charge in [-0.3, -0.25) is 4.90 Å². The molecular formula is C14H23ClN4. The molecule has 0 spiro atoms. The van der Waals surface area contributed by atoms with Gasteiger partial charge in [0.2, 0.25) is 0 Å². The third-order valence-electron chi connectivity index (χ3n) is 3.63. The molecule has 19 heavy (non-hydrogen) atoms. The molecule has 1 aromatic heterocycles. The lowest BCUT2D eigenvalue weighted by molar-refractivity contribution is 0.109. The van der Waals surface area contributed by atoms with Crippen LogP contribution in [0.3, 0.4) is 0 Å². The van der Waals surface area contributed by atoms with Crippen molar-refractivity contribution in [3.63, 3.8) is 0 Å². The highest BCUT2D eigenvalue weighted by Gasteiger charge is 2.28. The van der Waals surface area contributed by atoms with E-state index in [0.29, 0.717) is 5.15 Å². The topological polar surface area (TPSA) is 32.3 Å². The lowest BCUT2D eigenvalue weighted by Crippen LogP contribution is -2.45. The number of hydrogen-bond acceptors (Lipinski definition) is 4. The first-order chi connectivity index (χ1) is 8.77. The molecule has 0 saturated carbocycles. The second kappa shape index (κ2) is 5.35. The Morgan fingerprint density at radius 3 is 2.53 bits per heavy atom. The van der Waals surface area contributed by atoms with Gasteiger partial charge in [-0.2, -0.15) is 0 Å². The van der Waals surface area contributed by atoms with Crippen LogP contribution in [0.4, 0.5) is 0 Å². The van der Waals surface area contributed by atoms with Crippen LogP contribution in [-0.4, -0.2) is 53.5 Å². The van der Waals surface area contributed by atoms with E-state index in [1.165, 1.54) is 0 Å². The summed E-state index contributed by atoms with van der Waals surface area (Å²) in [7, 11) is 4.26. The Balaban J connectivity index is 2.36. The summed E-state index contributed by atoms with van der Waals surface area (Å²) in [5.74, 6) is 0.839. The first kappa shape index (κ1) is 14.7. The number of rotatable bonds is 1. The Labute approximate surface area is 120 Å². The summed E-state index contributed by atoms with van der Waals surface area (Å²) in [6.45, 7) is 9.49. The molecule has 1 aliphatic rings. The van der Waals surface area contributed by atoms with E-state index in [1.54, 1.807) is 0 Å².